The first kappa shape index (κ1) is 46.6. The fraction of sp³-hybridized carbons (Fsp3) is 0.889. The summed E-state index contributed by atoms with van der Waals surface area (Å²) >= 11 is 0. The Morgan fingerprint density at radius 2 is 1.02 bits per heavy atom. The summed E-state index contributed by atoms with van der Waals surface area (Å²) in [7, 11) is -5.10. The van der Waals surface area contributed by atoms with Gasteiger partial charge in [0.15, 0.2) is 6.10 Å². The Hall–Kier alpha value is -1.41. The molecule has 0 radical (unpaired) electrons. The standard InChI is InChI=1S/C36H67O13P/c1-3-5-7-9-11-13-14-15-16-17-19-20-22-24-29(37)46-26-28(48-30(38)25-23-21-18-12-10-8-6-4-2)27-47-50(44,45)49-36-34(42)32(40)31(39)33(41)35(36)43/h13-14,28,31-36,39-43H,3-12,15-27H2,1-2H3,(H,44,45)/b14-13+/t28-,31?,32-,33?,34?,35?,36?/m1/s1. The van der Waals surface area contributed by atoms with E-state index in [0.717, 1.165) is 64.2 Å². The van der Waals surface area contributed by atoms with E-state index >= 15 is 0 Å². The summed E-state index contributed by atoms with van der Waals surface area (Å²) in [4.78, 5) is 35.3. The number of aliphatic hydroxyl groups is 5. The Morgan fingerprint density at radius 1 is 0.600 bits per heavy atom. The quantitative estimate of drug-likeness (QED) is 0.0231. The van der Waals surface area contributed by atoms with Gasteiger partial charge in [0.05, 0.1) is 6.61 Å². The van der Waals surface area contributed by atoms with Crippen molar-refractivity contribution in [2.45, 2.75) is 191 Å². The van der Waals surface area contributed by atoms with Crippen LogP contribution >= 0.6 is 7.82 Å². The SMILES string of the molecule is CCCCCC/C=C/CCCCCCCC(=O)OC[C@H](COP(=O)(O)OC1C(O)C(O)C(O)[C@@H](O)C1O)OC(=O)CCCCCCCCCC. The van der Waals surface area contributed by atoms with Gasteiger partial charge in [0.25, 0.3) is 0 Å². The predicted octanol–water partition coefficient (Wildman–Crippen LogP) is 5.55. The Bertz CT molecular complexity index is 948. The van der Waals surface area contributed by atoms with Gasteiger partial charge in [0, 0.05) is 12.8 Å². The number of phosphoric ester groups is 1. The zero-order valence-electron chi connectivity index (χ0n) is 30.4. The summed E-state index contributed by atoms with van der Waals surface area (Å²) in [6.45, 7) is 3.19. The topological polar surface area (TPSA) is 210 Å². The molecule has 6 N–H and O–H groups in total. The predicted molar refractivity (Wildman–Crippen MR) is 189 cm³/mol. The van der Waals surface area contributed by atoms with Crippen LogP contribution in [0.15, 0.2) is 12.2 Å². The normalized spacial score (nSPS) is 24.2. The number of ether oxygens (including phenoxy) is 2. The number of carbonyl (C=O) groups is 2. The van der Waals surface area contributed by atoms with Gasteiger partial charge in [-0.1, -0.05) is 109 Å². The van der Waals surface area contributed by atoms with Gasteiger partial charge >= 0.3 is 19.8 Å². The van der Waals surface area contributed by atoms with E-state index < -0.39 is 75.7 Å². The van der Waals surface area contributed by atoms with Crippen LogP contribution in [0.5, 0.6) is 0 Å². The van der Waals surface area contributed by atoms with Gasteiger partial charge in [-0.2, -0.15) is 0 Å². The van der Waals surface area contributed by atoms with Crippen LogP contribution in [0.2, 0.25) is 0 Å². The molecule has 0 aromatic heterocycles. The van der Waals surface area contributed by atoms with Gasteiger partial charge in [-0.15, -0.1) is 0 Å². The number of esters is 2. The average Bonchev–Trinajstić information content (AvgIpc) is 3.09. The van der Waals surface area contributed by atoms with E-state index in [1.165, 1.54) is 44.9 Å². The van der Waals surface area contributed by atoms with E-state index in [1.807, 2.05) is 0 Å². The van der Waals surface area contributed by atoms with E-state index in [-0.39, 0.29) is 12.8 Å². The minimum absolute atomic E-state index is 0.0972. The first-order valence-corrected chi connectivity index (χ1v) is 20.5. The molecule has 14 heteroatoms. The fourth-order valence-corrected chi connectivity index (χ4v) is 6.66. The highest BCUT2D eigenvalue weighted by atomic mass is 31.2. The number of unbranched alkanes of at least 4 members (excludes halogenated alkanes) is 16. The zero-order valence-corrected chi connectivity index (χ0v) is 31.3. The lowest BCUT2D eigenvalue weighted by molar-refractivity contribution is -0.220. The Labute approximate surface area is 299 Å². The number of hydrogen-bond donors (Lipinski definition) is 6. The minimum atomic E-state index is -5.10. The molecule has 0 aromatic carbocycles. The van der Waals surface area contributed by atoms with Crippen molar-refractivity contribution in [2.75, 3.05) is 13.2 Å². The van der Waals surface area contributed by atoms with Crippen LogP contribution in [-0.2, 0) is 32.7 Å². The van der Waals surface area contributed by atoms with Crippen molar-refractivity contribution >= 4 is 19.8 Å². The molecule has 0 aromatic rings. The van der Waals surface area contributed by atoms with Gasteiger partial charge in [0.1, 0.15) is 43.2 Å². The van der Waals surface area contributed by atoms with E-state index in [0.29, 0.717) is 12.8 Å². The maximum Gasteiger partial charge on any atom is 0.472 e. The van der Waals surface area contributed by atoms with Crippen LogP contribution in [0, 0.1) is 0 Å². The first-order chi connectivity index (χ1) is 23.9. The summed E-state index contributed by atoms with van der Waals surface area (Å²) in [6, 6.07) is 0. The summed E-state index contributed by atoms with van der Waals surface area (Å²) < 4.78 is 33.2. The molecule has 0 spiro atoms. The molecular formula is C36H67O13P. The molecule has 1 saturated carbocycles. The highest BCUT2D eigenvalue weighted by Crippen LogP contribution is 2.47. The first-order valence-electron chi connectivity index (χ1n) is 19.0. The molecule has 1 aliphatic rings. The maximum absolute atomic E-state index is 12.7. The van der Waals surface area contributed by atoms with Crippen LogP contribution in [-0.4, -0.2) is 98.3 Å². The molecule has 6 unspecified atom stereocenters. The second-order valence-electron chi connectivity index (χ2n) is 13.4. The largest absolute Gasteiger partial charge is 0.472 e. The van der Waals surface area contributed by atoms with E-state index in [4.69, 9.17) is 18.5 Å². The van der Waals surface area contributed by atoms with E-state index in [2.05, 4.69) is 26.0 Å². The molecule has 8 atom stereocenters. The average molecular weight is 739 g/mol. The lowest BCUT2D eigenvalue weighted by Gasteiger charge is -2.41. The van der Waals surface area contributed by atoms with Crippen molar-refractivity contribution in [1.29, 1.82) is 0 Å². The molecular weight excluding hydrogens is 671 g/mol. The highest BCUT2D eigenvalue weighted by molar-refractivity contribution is 7.47. The van der Waals surface area contributed by atoms with Gasteiger partial charge in [-0.3, -0.25) is 18.6 Å². The molecule has 294 valence electrons. The molecule has 0 amide bonds. The van der Waals surface area contributed by atoms with Crippen LogP contribution in [0.25, 0.3) is 0 Å². The number of carbonyl (C=O) groups excluding carboxylic acids is 2. The molecule has 0 aliphatic heterocycles. The Balaban J connectivity index is 2.54. The van der Waals surface area contributed by atoms with Gasteiger partial charge in [0.2, 0.25) is 0 Å². The van der Waals surface area contributed by atoms with Gasteiger partial charge in [-0.05, 0) is 38.5 Å². The smallest absolute Gasteiger partial charge is 0.462 e. The fourth-order valence-electron chi connectivity index (χ4n) is 5.69. The molecule has 0 saturated heterocycles. The number of hydrogen-bond acceptors (Lipinski definition) is 12. The second kappa shape index (κ2) is 28.1. The number of allylic oxidation sites excluding steroid dienone is 2. The van der Waals surface area contributed by atoms with Crippen molar-refractivity contribution in [2.24, 2.45) is 0 Å². The molecule has 1 rings (SSSR count). The summed E-state index contributed by atoms with van der Waals surface area (Å²) in [5, 5.41) is 49.8. The molecule has 50 heavy (non-hydrogen) atoms. The monoisotopic (exact) mass is 738 g/mol. The molecule has 13 nitrogen and oxygen atoms in total. The van der Waals surface area contributed by atoms with Gasteiger partial charge < -0.3 is 39.9 Å². The molecule has 1 fully saturated rings. The summed E-state index contributed by atoms with van der Waals surface area (Å²) in [6.07, 6.45) is 11.7. The number of rotatable bonds is 30. The van der Waals surface area contributed by atoms with Crippen molar-refractivity contribution in [3.8, 4) is 0 Å². The van der Waals surface area contributed by atoms with Crippen LogP contribution in [0.1, 0.15) is 149 Å². The zero-order chi connectivity index (χ0) is 37.2. The van der Waals surface area contributed by atoms with Crippen molar-refractivity contribution in [1.82, 2.24) is 0 Å². The summed E-state index contributed by atoms with van der Waals surface area (Å²) in [5.74, 6) is -1.11. The van der Waals surface area contributed by atoms with Crippen molar-refractivity contribution < 1.29 is 63.1 Å². The molecule has 0 bridgehead atoms. The van der Waals surface area contributed by atoms with E-state index in [9.17, 15) is 44.6 Å². The second-order valence-corrected chi connectivity index (χ2v) is 14.8. The van der Waals surface area contributed by atoms with Crippen LogP contribution < -0.4 is 0 Å². The van der Waals surface area contributed by atoms with Crippen LogP contribution in [0.4, 0.5) is 0 Å². The number of aliphatic hydroxyl groups excluding tert-OH is 5. The third-order valence-corrected chi connectivity index (χ3v) is 9.84. The minimum Gasteiger partial charge on any atom is -0.462 e. The lowest BCUT2D eigenvalue weighted by Crippen LogP contribution is -2.64. The third kappa shape index (κ3) is 21.2. The molecule has 1 aliphatic carbocycles. The van der Waals surface area contributed by atoms with Crippen molar-refractivity contribution in [3.63, 3.8) is 0 Å². The lowest BCUT2D eigenvalue weighted by atomic mass is 9.85. The van der Waals surface area contributed by atoms with Crippen LogP contribution in [0.3, 0.4) is 0 Å². The van der Waals surface area contributed by atoms with Gasteiger partial charge in [-0.25, -0.2) is 4.57 Å². The third-order valence-electron chi connectivity index (χ3n) is 8.86. The summed E-state index contributed by atoms with van der Waals surface area (Å²) in [5.41, 5.74) is 0. The molecule has 0 heterocycles. The highest BCUT2D eigenvalue weighted by Gasteiger charge is 2.51. The maximum atomic E-state index is 12.7. The Kier molecular flexibility index (Phi) is 26.2. The van der Waals surface area contributed by atoms with E-state index in [1.54, 1.807) is 0 Å². The number of phosphoric acid groups is 1. The Morgan fingerprint density at radius 3 is 1.54 bits per heavy atom. The van der Waals surface area contributed by atoms with Crippen molar-refractivity contribution in [3.05, 3.63) is 12.2 Å².